The standard InChI is InChI=1S/C31H38N6O4S/c1-2-3-4-5-8-30-34-31(35-41-30)37-19-16-24-20-27(13-14-28(24)37)42(39,40)36-26-11-9-23(10-12-26)15-18-33-22-29(38)25-7-6-17-32-21-25/h6-7,9-14,17,20-21,29,33,36,38H,2-5,8,15-16,18-19,22H2,1H3/t29-/m0/s1. The first kappa shape index (κ1) is 29.7. The third-order valence-electron chi connectivity index (χ3n) is 7.40. The molecule has 1 atom stereocenters. The van der Waals surface area contributed by atoms with Crippen LogP contribution < -0.4 is 14.9 Å². The third-order valence-corrected chi connectivity index (χ3v) is 8.78. The van der Waals surface area contributed by atoms with Gasteiger partial charge in [-0.25, -0.2) is 8.42 Å². The summed E-state index contributed by atoms with van der Waals surface area (Å²) in [5.74, 6) is 1.16. The molecule has 10 nitrogen and oxygen atoms in total. The zero-order chi connectivity index (χ0) is 29.4. The summed E-state index contributed by atoms with van der Waals surface area (Å²) in [6.07, 6.45) is 9.48. The van der Waals surface area contributed by atoms with Crippen LogP contribution in [0.15, 0.2) is 76.4 Å². The molecule has 3 heterocycles. The van der Waals surface area contributed by atoms with Gasteiger partial charge in [0.1, 0.15) is 0 Å². The molecule has 1 aliphatic heterocycles. The highest BCUT2D eigenvalue weighted by molar-refractivity contribution is 7.92. The van der Waals surface area contributed by atoms with Crippen molar-refractivity contribution in [3.8, 4) is 0 Å². The van der Waals surface area contributed by atoms with E-state index in [9.17, 15) is 13.5 Å². The number of aryl methyl sites for hydroxylation is 1. The van der Waals surface area contributed by atoms with Crippen LogP contribution in [0.5, 0.6) is 0 Å². The topological polar surface area (TPSA) is 133 Å². The molecule has 11 heteroatoms. The normalized spacial score (nSPS) is 13.7. The second-order valence-electron chi connectivity index (χ2n) is 10.5. The molecule has 2 aromatic heterocycles. The van der Waals surface area contributed by atoms with Crippen molar-refractivity contribution < 1.29 is 18.0 Å². The lowest BCUT2D eigenvalue weighted by Crippen LogP contribution is -2.23. The van der Waals surface area contributed by atoms with Crippen LogP contribution in [0.4, 0.5) is 17.3 Å². The fourth-order valence-corrected chi connectivity index (χ4v) is 6.14. The number of nitrogens with one attached hydrogen (secondary N) is 2. The van der Waals surface area contributed by atoms with Gasteiger partial charge in [0.15, 0.2) is 0 Å². The van der Waals surface area contributed by atoms with Crippen LogP contribution in [-0.4, -0.2) is 48.3 Å². The molecule has 0 spiro atoms. The van der Waals surface area contributed by atoms with Crippen LogP contribution in [0.25, 0.3) is 0 Å². The van der Waals surface area contributed by atoms with Gasteiger partial charge in [-0.05, 0) is 78.5 Å². The summed E-state index contributed by atoms with van der Waals surface area (Å²) in [6.45, 7) is 3.96. The van der Waals surface area contributed by atoms with E-state index in [0.29, 0.717) is 43.6 Å². The molecule has 0 saturated heterocycles. The summed E-state index contributed by atoms with van der Waals surface area (Å²) in [5, 5.41) is 17.6. The Morgan fingerprint density at radius 2 is 1.93 bits per heavy atom. The van der Waals surface area contributed by atoms with Crippen LogP contribution in [0.3, 0.4) is 0 Å². The molecule has 0 radical (unpaired) electrons. The molecule has 3 N–H and O–H groups in total. The second kappa shape index (κ2) is 13.9. The number of benzene rings is 2. The predicted octanol–water partition coefficient (Wildman–Crippen LogP) is 4.95. The molecule has 4 aromatic rings. The fraction of sp³-hybridized carbons (Fsp3) is 0.387. The molecule has 222 valence electrons. The Hall–Kier alpha value is -3.80. The number of rotatable bonds is 15. The predicted molar refractivity (Wildman–Crippen MR) is 162 cm³/mol. The lowest BCUT2D eigenvalue weighted by atomic mass is 10.1. The number of unbranched alkanes of at least 4 members (excludes halogenated alkanes) is 3. The lowest BCUT2D eigenvalue weighted by molar-refractivity contribution is 0.174. The molecule has 0 amide bonds. The molecule has 42 heavy (non-hydrogen) atoms. The van der Waals surface area contributed by atoms with E-state index in [1.807, 2.05) is 29.2 Å². The van der Waals surface area contributed by atoms with E-state index in [-0.39, 0.29) is 4.90 Å². The van der Waals surface area contributed by atoms with Crippen molar-refractivity contribution in [1.82, 2.24) is 20.4 Å². The average molecular weight is 591 g/mol. The van der Waals surface area contributed by atoms with Crippen LogP contribution in [-0.2, 0) is 29.3 Å². The van der Waals surface area contributed by atoms with Gasteiger partial charge in [0.2, 0.25) is 5.89 Å². The van der Waals surface area contributed by atoms with E-state index in [1.54, 1.807) is 42.7 Å². The average Bonchev–Trinajstić information content (AvgIpc) is 3.65. The number of pyridine rings is 1. The van der Waals surface area contributed by atoms with Crippen LogP contribution >= 0.6 is 0 Å². The van der Waals surface area contributed by atoms with Gasteiger partial charge in [0, 0.05) is 48.8 Å². The minimum Gasteiger partial charge on any atom is -0.387 e. The van der Waals surface area contributed by atoms with Gasteiger partial charge in [0.25, 0.3) is 16.0 Å². The highest BCUT2D eigenvalue weighted by atomic mass is 32.2. The maximum absolute atomic E-state index is 13.2. The molecule has 0 bridgehead atoms. The molecule has 0 aliphatic carbocycles. The van der Waals surface area contributed by atoms with E-state index in [1.165, 1.54) is 12.8 Å². The van der Waals surface area contributed by atoms with Crippen molar-refractivity contribution >= 4 is 27.3 Å². The van der Waals surface area contributed by atoms with Gasteiger partial charge in [-0.1, -0.05) is 44.4 Å². The highest BCUT2D eigenvalue weighted by Crippen LogP contribution is 2.35. The fourth-order valence-electron chi connectivity index (χ4n) is 5.03. The Labute approximate surface area is 247 Å². The van der Waals surface area contributed by atoms with E-state index >= 15 is 0 Å². The van der Waals surface area contributed by atoms with Crippen molar-refractivity contribution in [1.29, 1.82) is 0 Å². The minimum absolute atomic E-state index is 0.216. The summed E-state index contributed by atoms with van der Waals surface area (Å²) in [6, 6.07) is 16.1. The number of hydrogen-bond donors (Lipinski definition) is 3. The summed E-state index contributed by atoms with van der Waals surface area (Å²) in [4.78, 5) is 10.8. The van der Waals surface area contributed by atoms with Crippen LogP contribution in [0.2, 0.25) is 0 Å². The summed E-state index contributed by atoms with van der Waals surface area (Å²) < 4.78 is 34.5. The maximum atomic E-state index is 13.2. The number of nitrogens with zero attached hydrogens (tertiary/aromatic N) is 4. The number of aliphatic hydroxyl groups excluding tert-OH is 1. The number of sulfonamides is 1. The summed E-state index contributed by atoms with van der Waals surface area (Å²) in [7, 11) is -3.76. The number of aliphatic hydroxyl groups is 1. The highest BCUT2D eigenvalue weighted by Gasteiger charge is 2.26. The SMILES string of the molecule is CCCCCCc1nc(N2CCc3cc(S(=O)(=O)Nc4ccc(CCNC[C@H](O)c5cccnc5)cc4)ccc32)no1. The molecule has 0 unspecified atom stereocenters. The number of aromatic nitrogens is 3. The molecule has 0 fully saturated rings. The smallest absolute Gasteiger partial charge is 0.270 e. The van der Waals surface area contributed by atoms with Crippen LogP contribution in [0, 0.1) is 0 Å². The number of hydrogen-bond acceptors (Lipinski definition) is 9. The largest absolute Gasteiger partial charge is 0.387 e. The molecular formula is C31H38N6O4S. The zero-order valence-electron chi connectivity index (χ0n) is 23.9. The Bertz CT molecular complexity index is 1540. The second-order valence-corrected chi connectivity index (χ2v) is 12.2. The first-order valence-electron chi connectivity index (χ1n) is 14.6. The monoisotopic (exact) mass is 590 g/mol. The first-order valence-corrected chi connectivity index (χ1v) is 16.0. The van der Waals surface area contributed by atoms with Crippen molar-refractivity contribution in [3.63, 3.8) is 0 Å². The number of anilines is 3. The van der Waals surface area contributed by atoms with E-state index in [4.69, 9.17) is 4.52 Å². The van der Waals surface area contributed by atoms with Gasteiger partial charge >= 0.3 is 0 Å². The van der Waals surface area contributed by atoms with E-state index < -0.39 is 16.1 Å². The quantitative estimate of drug-likeness (QED) is 0.165. The summed E-state index contributed by atoms with van der Waals surface area (Å²) in [5.41, 5.74) is 4.17. The van der Waals surface area contributed by atoms with Gasteiger partial charge in [-0.3, -0.25) is 9.71 Å². The third kappa shape index (κ3) is 7.53. The summed E-state index contributed by atoms with van der Waals surface area (Å²) >= 11 is 0. The Morgan fingerprint density at radius 3 is 2.71 bits per heavy atom. The molecule has 2 aromatic carbocycles. The van der Waals surface area contributed by atoms with Crippen LogP contribution in [0.1, 0.15) is 61.3 Å². The molecular weight excluding hydrogens is 552 g/mol. The van der Waals surface area contributed by atoms with Gasteiger partial charge in [0.05, 0.1) is 11.0 Å². The van der Waals surface area contributed by atoms with Crippen molar-refractivity contribution in [2.75, 3.05) is 29.3 Å². The molecule has 1 aliphatic rings. The molecule has 0 saturated carbocycles. The Morgan fingerprint density at radius 1 is 1.07 bits per heavy atom. The van der Waals surface area contributed by atoms with E-state index in [0.717, 1.165) is 48.1 Å². The van der Waals surface area contributed by atoms with Crippen molar-refractivity contribution in [2.45, 2.75) is 62.9 Å². The maximum Gasteiger partial charge on any atom is 0.270 e. The lowest BCUT2D eigenvalue weighted by Gasteiger charge is -2.15. The first-order chi connectivity index (χ1) is 20.4. The Kier molecular flexibility index (Phi) is 9.83. The van der Waals surface area contributed by atoms with Crippen molar-refractivity contribution in [3.05, 3.63) is 89.6 Å². The molecule has 5 rings (SSSR count). The van der Waals surface area contributed by atoms with E-state index in [2.05, 4.69) is 32.1 Å². The van der Waals surface area contributed by atoms with Crippen molar-refractivity contribution in [2.24, 2.45) is 0 Å². The van der Waals surface area contributed by atoms with Gasteiger partial charge in [-0.15, -0.1) is 0 Å². The zero-order valence-corrected chi connectivity index (χ0v) is 24.7. The van der Waals surface area contributed by atoms with Gasteiger partial charge < -0.3 is 19.8 Å². The van der Waals surface area contributed by atoms with Gasteiger partial charge in [-0.2, -0.15) is 4.98 Å². The minimum atomic E-state index is -3.76. The number of fused-ring (bicyclic) bond motifs is 1. The Balaban J connectivity index is 1.13.